The maximum atomic E-state index is 13.1. The fourth-order valence-corrected chi connectivity index (χ4v) is 4.65. The quantitative estimate of drug-likeness (QED) is 0.661. The van der Waals surface area contributed by atoms with Crippen LogP contribution in [0.25, 0.3) is 11.1 Å². The van der Waals surface area contributed by atoms with Crippen LogP contribution in [0.5, 0.6) is 0 Å². The number of hydrogen-bond acceptors (Lipinski definition) is 2. The predicted molar refractivity (Wildman–Crippen MR) is 111 cm³/mol. The van der Waals surface area contributed by atoms with E-state index in [0.717, 1.165) is 50.2 Å². The molecule has 3 nitrogen and oxygen atoms in total. The fourth-order valence-electron chi connectivity index (χ4n) is 4.65. The number of halogens is 3. The van der Waals surface area contributed by atoms with Gasteiger partial charge in [-0.3, -0.25) is 9.69 Å². The smallest absolute Gasteiger partial charge is 0.334 e. The van der Waals surface area contributed by atoms with Crippen LogP contribution in [-0.2, 0) is 6.18 Å². The van der Waals surface area contributed by atoms with E-state index in [1.807, 2.05) is 17.0 Å². The Kier molecular flexibility index (Phi) is 5.87. The van der Waals surface area contributed by atoms with Gasteiger partial charge < -0.3 is 4.90 Å². The van der Waals surface area contributed by atoms with E-state index >= 15 is 0 Å². The summed E-state index contributed by atoms with van der Waals surface area (Å²) in [6.45, 7) is 5.10. The van der Waals surface area contributed by atoms with Crippen molar-refractivity contribution < 1.29 is 18.0 Å². The van der Waals surface area contributed by atoms with Crippen molar-refractivity contribution >= 4 is 5.91 Å². The molecule has 30 heavy (non-hydrogen) atoms. The van der Waals surface area contributed by atoms with Gasteiger partial charge in [-0.1, -0.05) is 24.3 Å². The van der Waals surface area contributed by atoms with Gasteiger partial charge in [0.2, 0.25) is 0 Å². The van der Waals surface area contributed by atoms with Gasteiger partial charge in [0.1, 0.15) is 0 Å². The van der Waals surface area contributed by atoms with Crippen molar-refractivity contribution in [2.45, 2.75) is 50.9 Å². The van der Waals surface area contributed by atoms with Crippen LogP contribution in [-0.4, -0.2) is 47.4 Å². The second-order valence-electron chi connectivity index (χ2n) is 8.43. The highest BCUT2D eigenvalue weighted by Crippen LogP contribution is 2.31. The van der Waals surface area contributed by atoms with Gasteiger partial charge in [0.05, 0.1) is 5.56 Å². The Labute approximate surface area is 175 Å². The molecule has 2 atom stereocenters. The Balaban J connectivity index is 1.44. The summed E-state index contributed by atoms with van der Waals surface area (Å²) >= 11 is 0. The molecule has 0 saturated carbocycles. The molecule has 0 spiro atoms. The molecule has 160 valence electrons. The normalized spacial score (nSPS) is 22.6. The van der Waals surface area contributed by atoms with E-state index in [4.69, 9.17) is 0 Å². The highest BCUT2D eigenvalue weighted by Gasteiger charge is 2.33. The number of carbonyl (C=O) groups is 1. The zero-order chi connectivity index (χ0) is 21.3. The molecule has 2 saturated heterocycles. The zero-order valence-electron chi connectivity index (χ0n) is 17.2. The lowest BCUT2D eigenvalue weighted by molar-refractivity contribution is -0.137. The molecule has 2 aliphatic rings. The second-order valence-corrected chi connectivity index (χ2v) is 8.43. The standard InChI is InChI=1S/C24H27F3N2O/c1-17-4-2-14-28(17)16-22-5-3-15-29(22)23(30)20-8-6-18(7-9-20)19-10-12-21(13-11-19)24(25,26)27/h6-13,17,22H,2-5,14-16H2,1H3/t17-,22+/m1/s1. The SMILES string of the molecule is C[C@@H]1CCCN1C[C@@H]1CCCN1C(=O)c1ccc(-c2ccc(C(F)(F)F)cc2)cc1. The van der Waals surface area contributed by atoms with Crippen LogP contribution in [0.3, 0.4) is 0 Å². The molecule has 0 radical (unpaired) electrons. The number of nitrogens with zero attached hydrogens (tertiary/aromatic N) is 2. The monoisotopic (exact) mass is 416 g/mol. The van der Waals surface area contributed by atoms with Crippen LogP contribution < -0.4 is 0 Å². The van der Waals surface area contributed by atoms with Crippen molar-refractivity contribution in [2.24, 2.45) is 0 Å². The summed E-state index contributed by atoms with van der Waals surface area (Å²) in [6, 6.07) is 13.1. The summed E-state index contributed by atoms with van der Waals surface area (Å²) in [5.41, 5.74) is 1.46. The number of carbonyl (C=O) groups excluding carboxylic acids is 1. The molecule has 0 bridgehead atoms. The van der Waals surface area contributed by atoms with E-state index in [-0.39, 0.29) is 11.9 Å². The van der Waals surface area contributed by atoms with Gasteiger partial charge in [-0.15, -0.1) is 0 Å². The molecule has 4 rings (SSSR count). The molecule has 6 heteroatoms. The summed E-state index contributed by atoms with van der Waals surface area (Å²) < 4.78 is 38.2. The zero-order valence-corrected chi connectivity index (χ0v) is 17.2. The number of rotatable bonds is 4. The number of hydrogen-bond donors (Lipinski definition) is 0. The number of alkyl halides is 3. The van der Waals surface area contributed by atoms with Gasteiger partial charge in [0.15, 0.2) is 0 Å². The predicted octanol–water partition coefficient (Wildman–Crippen LogP) is 5.46. The minimum Gasteiger partial charge on any atom is -0.334 e. The van der Waals surface area contributed by atoms with Crippen LogP contribution in [0.2, 0.25) is 0 Å². The summed E-state index contributed by atoms with van der Waals surface area (Å²) in [5, 5.41) is 0. The first-order chi connectivity index (χ1) is 14.3. The number of benzene rings is 2. The fraction of sp³-hybridized carbons (Fsp3) is 0.458. The molecule has 1 amide bonds. The van der Waals surface area contributed by atoms with E-state index in [1.54, 1.807) is 12.1 Å². The van der Waals surface area contributed by atoms with Gasteiger partial charge in [-0.05, 0) is 74.5 Å². The van der Waals surface area contributed by atoms with Crippen LogP contribution in [0.4, 0.5) is 13.2 Å². The van der Waals surface area contributed by atoms with Crippen molar-refractivity contribution in [1.29, 1.82) is 0 Å². The molecule has 2 aromatic rings. The largest absolute Gasteiger partial charge is 0.416 e. The number of likely N-dealkylation sites (tertiary alicyclic amines) is 2. The summed E-state index contributed by atoms with van der Waals surface area (Å²) in [7, 11) is 0. The minimum absolute atomic E-state index is 0.0447. The average molecular weight is 416 g/mol. The van der Waals surface area contributed by atoms with Crippen molar-refractivity contribution in [3.05, 3.63) is 59.7 Å². The second kappa shape index (κ2) is 8.42. The van der Waals surface area contributed by atoms with Crippen molar-refractivity contribution in [1.82, 2.24) is 9.80 Å². The lowest BCUT2D eigenvalue weighted by Gasteiger charge is -2.30. The Morgan fingerprint density at radius 1 is 0.933 bits per heavy atom. The first-order valence-electron chi connectivity index (χ1n) is 10.7. The van der Waals surface area contributed by atoms with Gasteiger partial charge >= 0.3 is 6.18 Å². The van der Waals surface area contributed by atoms with Gasteiger partial charge in [0, 0.05) is 30.7 Å². The molecular formula is C24H27F3N2O. The summed E-state index contributed by atoms with van der Waals surface area (Å²) in [6.07, 6.45) is 0.189. The first kappa shape index (κ1) is 20.9. The number of amides is 1. The third-order valence-electron chi connectivity index (χ3n) is 6.45. The highest BCUT2D eigenvalue weighted by atomic mass is 19.4. The highest BCUT2D eigenvalue weighted by molar-refractivity contribution is 5.95. The van der Waals surface area contributed by atoms with Crippen molar-refractivity contribution in [3.8, 4) is 11.1 Å². The first-order valence-corrected chi connectivity index (χ1v) is 10.7. The minimum atomic E-state index is -4.34. The van der Waals surface area contributed by atoms with E-state index in [9.17, 15) is 18.0 Å². The summed E-state index contributed by atoms with van der Waals surface area (Å²) in [5.74, 6) is 0.0447. The Morgan fingerprint density at radius 3 is 2.10 bits per heavy atom. The van der Waals surface area contributed by atoms with Crippen LogP contribution in [0.15, 0.2) is 48.5 Å². The third-order valence-corrected chi connectivity index (χ3v) is 6.45. The molecule has 2 aromatic carbocycles. The maximum Gasteiger partial charge on any atom is 0.416 e. The van der Waals surface area contributed by atoms with E-state index in [0.29, 0.717) is 17.2 Å². The Morgan fingerprint density at radius 2 is 1.53 bits per heavy atom. The lowest BCUT2D eigenvalue weighted by atomic mass is 10.0. The van der Waals surface area contributed by atoms with Crippen molar-refractivity contribution in [2.75, 3.05) is 19.6 Å². The van der Waals surface area contributed by atoms with Gasteiger partial charge in [-0.25, -0.2) is 0 Å². The molecule has 0 aliphatic carbocycles. The average Bonchev–Trinajstić information content (AvgIpc) is 3.36. The Hall–Kier alpha value is -2.34. The van der Waals surface area contributed by atoms with E-state index < -0.39 is 11.7 Å². The molecule has 0 N–H and O–H groups in total. The lowest BCUT2D eigenvalue weighted by Crippen LogP contribution is -2.44. The molecule has 2 aliphatic heterocycles. The third kappa shape index (κ3) is 4.38. The van der Waals surface area contributed by atoms with Gasteiger partial charge in [0.25, 0.3) is 5.91 Å². The molecule has 0 unspecified atom stereocenters. The van der Waals surface area contributed by atoms with Crippen LogP contribution in [0, 0.1) is 0 Å². The summed E-state index contributed by atoms with van der Waals surface area (Å²) in [4.78, 5) is 17.6. The van der Waals surface area contributed by atoms with E-state index in [1.165, 1.54) is 25.0 Å². The Bertz CT molecular complexity index is 877. The topological polar surface area (TPSA) is 23.6 Å². The van der Waals surface area contributed by atoms with Crippen LogP contribution in [0.1, 0.15) is 48.5 Å². The molecular weight excluding hydrogens is 389 g/mol. The molecule has 2 fully saturated rings. The van der Waals surface area contributed by atoms with Crippen molar-refractivity contribution in [3.63, 3.8) is 0 Å². The molecule has 0 aromatic heterocycles. The van der Waals surface area contributed by atoms with E-state index in [2.05, 4.69) is 11.8 Å². The van der Waals surface area contributed by atoms with Gasteiger partial charge in [-0.2, -0.15) is 13.2 Å². The maximum absolute atomic E-state index is 13.1. The molecule has 2 heterocycles. The van der Waals surface area contributed by atoms with Crippen LogP contribution >= 0.6 is 0 Å².